The van der Waals surface area contributed by atoms with Gasteiger partial charge in [-0.15, -0.1) is 0 Å². The van der Waals surface area contributed by atoms with Crippen LogP contribution in [0.5, 0.6) is 0 Å². The summed E-state index contributed by atoms with van der Waals surface area (Å²) >= 11 is 0. The van der Waals surface area contributed by atoms with E-state index in [0.29, 0.717) is 6.07 Å². The molecule has 1 aromatic rings. The van der Waals surface area contributed by atoms with Crippen molar-refractivity contribution in [2.45, 2.75) is 18.3 Å². The molecule has 0 unspecified atom stereocenters. The molecule has 1 saturated carbocycles. The lowest BCUT2D eigenvalue weighted by Crippen LogP contribution is -2.31. The third kappa shape index (κ3) is 1.54. The molecule has 0 saturated heterocycles. The minimum Gasteiger partial charge on any atom is -0.478 e. The molecule has 18 heavy (non-hydrogen) atoms. The van der Waals surface area contributed by atoms with Gasteiger partial charge in [-0.1, -0.05) is 0 Å². The van der Waals surface area contributed by atoms with E-state index in [9.17, 15) is 22.8 Å². The lowest BCUT2D eigenvalue weighted by Gasteiger charge is -2.14. The highest BCUT2D eigenvalue weighted by molar-refractivity contribution is 5.91. The number of hydrogen-bond donors (Lipinski definition) is 2. The van der Waals surface area contributed by atoms with Crippen LogP contribution in [-0.2, 0) is 10.2 Å². The fourth-order valence-electron chi connectivity index (χ4n) is 1.93. The predicted octanol–water partition coefficient (Wildman–Crippen LogP) is 1.32. The molecular formula is C11H8F3NO3. The van der Waals surface area contributed by atoms with Crippen LogP contribution >= 0.6 is 0 Å². The minimum atomic E-state index is -1.79. The van der Waals surface area contributed by atoms with E-state index in [-0.39, 0.29) is 12.8 Å². The topological polar surface area (TPSA) is 80.4 Å². The summed E-state index contributed by atoms with van der Waals surface area (Å²) in [4.78, 5) is 21.7. The summed E-state index contributed by atoms with van der Waals surface area (Å²) < 4.78 is 40.8. The molecule has 0 aliphatic heterocycles. The molecule has 0 radical (unpaired) electrons. The van der Waals surface area contributed by atoms with E-state index in [4.69, 9.17) is 10.8 Å². The number of nitrogens with two attached hydrogens (primary N) is 1. The van der Waals surface area contributed by atoms with E-state index >= 15 is 0 Å². The van der Waals surface area contributed by atoms with E-state index in [1.54, 1.807) is 0 Å². The lowest BCUT2D eigenvalue weighted by atomic mass is 9.92. The number of benzene rings is 1. The van der Waals surface area contributed by atoms with Crippen molar-refractivity contribution < 1.29 is 27.9 Å². The van der Waals surface area contributed by atoms with Crippen molar-refractivity contribution >= 4 is 11.9 Å². The summed E-state index contributed by atoms with van der Waals surface area (Å²) in [5.41, 5.74) is 1.59. The maximum atomic E-state index is 13.7. The second-order valence-electron chi connectivity index (χ2n) is 4.16. The molecule has 1 aliphatic carbocycles. The van der Waals surface area contributed by atoms with Crippen molar-refractivity contribution in [3.63, 3.8) is 0 Å². The van der Waals surface area contributed by atoms with Crippen molar-refractivity contribution in [1.29, 1.82) is 0 Å². The number of amides is 1. The number of carbonyl (C=O) groups excluding carboxylic acids is 1. The Bertz CT molecular complexity index is 567. The first-order valence-electron chi connectivity index (χ1n) is 5.02. The monoisotopic (exact) mass is 259 g/mol. The van der Waals surface area contributed by atoms with Gasteiger partial charge < -0.3 is 10.8 Å². The Morgan fingerprint density at radius 2 is 1.78 bits per heavy atom. The number of hydrogen-bond acceptors (Lipinski definition) is 2. The van der Waals surface area contributed by atoms with Gasteiger partial charge in [0.1, 0.15) is 11.4 Å². The highest BCUT2D eigenvalue weighted by Gasteiger charge is 2.54. The summed E-state index contributed by atoms with van der Waals surface area (Å²) in [6, 6.07) is 0.360. The van der Waals surface area contributed by atoms with Gasteiger partial charge in [-0.25, -0.2) is 18.0 Å². The number of aromatic carboxylic acids is 1. The smallest absolute Gasteiger partial charge is 0.338 e. The highest BCUT2D eigenvalue weighted by atomic mass is 19.2. The SMILES string of the molecule is NC(=O)C1(c2c(F)cc(C(=O)O)c(F)c2F)CC1. The van der Waals surface area contributed by atoms with E-state index in [1.165, 1.54) is 0 Å². The van der Waals surface area contributed by atoms with Gasteiger partial charge in [0.2, 0.25) is 5.91 Å². The molecular weight excluding hydrogens is 251 g/mol. The van der Waals surface area contributed by atoms with Crippen LogP contribution in [0.3, 0.4) is 0 Å². The highest BCUT2D eigenvalue weighted by Crippen LogP contribution is 2.50. The van der Waals surface area contributed by atoms with E-state index in [2.05, 4.69) is 0 Å². The Morgan fingerprint density at radius 1 is 1.22 bits per heavy atom. The van der Waals surface area contributed by atoms with Crippen molar-refractivity contribution in [2.75, 3.05) is 0 Å². The first-order chi connectivity index (χ1) is 8.31. The molecule has 1 amide bonds. The summed E-state index contributed by atoms with van der Waals surface area (Å²) in [5.74, 6) is -7.37. The van der Waals surface area contributed by atoms with Gasteiger partial charge in [-0.2, -0.15) is 0 Å². The summed E-state index contributed by atoms with van der Waals surface area (Å²) in [5, 5.41) is 8.57. The molecule has 1 aliphatic rings. The molecule has 0 aromatic heterocycles. The second kappa shape index (κ2) is 3.72. The van der Waals surface area contributed by atoms with Crippen LogP contribution in [0.25, 0.3) is 0 Å². The Kier molecular flexibility index (Phi) is 2.57. The molecule has 0 spiro atoms. The number of rotatable bonds is 3. The van der Waals surface area contributed by atoms with E-state index in [0.717, 1.165) is 0 Å². The Labute approximate surface area is 99.2 Å². The lowest BCUT2D eigenvalue weighted by molar-refractivity contribution is -0.120. The molecule has 96 valence electrons. The average molecular weight is 259 g/mol. The zero-order valence-corrected chi connectivity index (χ0v) is 8.97. The molecule has 1 aromatic carbocycles. The fraction of sp³-hybridized carbons (Fsp3) is 0.273. The number of carboxylic acid groups (broad SMARTS) is 1. The number of carboxylic acids is 1. The Balaban J connectivity index is 2.68. The molecule has 7 heteroatoms. The van der Waals surface area contributed by atoms with Gasteiger partial charge in [0.25, 0.3) is 0 Å². The third-order valence-electron chi connectivity index (χ3n) is 3.09. The molecule has 2 rings (SSSR count). The molecule has 4 nitrogen and oxygen atoms in total. The van der Waals surface area contributed by atoms with Crippen LogP contribution in [0.15, 0.2) is 6.07 Å². The van der Waals surface area contributed by atoms with Crippen molar-refractivity contribution in [3.8, 4) is 0 Å². The zero-order valence-electron chi connectivity index (χ0n) is 8.97. The number of primary amides is 1. The molecule has 0 bridgehead atoms. The Hall–Kier alpha value is -2.05. The summed E-state index contributed by atoms with van der Waals surface area (Å²) in [7, 11) is 0. The van der Waals surface area contributed by atoms with Crippen LogP contribution < -0.4 is 5.73 Å². The van der Waals surface area contributed by atoms with Crippen molar-refractivity contribution in [3.05, 3.63) is 34.6 Å². The van der Waals surface area contributed by atoms with Crippen molar-refractivity contribution in [2.24, 2.45) is 5.73 Å². The van der Waals surface area contributed by atoms with E-state index < -0.39 is 45.9 Å². The third-order valence-corrected chi connectivity index (χ3v) is 3.09. The van der Waals surface area contributed by atoms with Crippen molar-refractivity contribution in [1.82, 2.24) is 0 Å². The van der Waals surface area contributed by atoms with Gasteiger partial charge in [0, 0.05) is 5.56 Å². The van der Waals surface area contributed by atoms with E-state index in [1.807, 2.05) is 0 Å². The van der Waals surface area contributed by atoms with Gasteiger partial charge in [0.15, 0.2) is 11.6 Å². The first kappa shape index (κ1) is 12.4. The second-order valence-corrected chi connectivity index (χ2v) is 4.16. The minimum absolute atomic E-state index is 0.113. The van der Waals surface area contributed by atoms with Crippen LogP contribution in [0.1, 0.15) is 28.8 Å². The maximum absolute atomic E-state index is 13.7. The molecule has 0 heterocycles. The van der Waals surface area contributed by atoms with Gasteiger partial charge in [-0.3, -0.25) is 4.79 Å². The summed E-state index contributed by atoms with van der Waals surface area (Å²) in [6.45, 7) is 0. The maximum Gasteiger partial charge on any atom is 0.338 e. The standard InChI is InChI=1S/C11H8F3NO3/c12-5-3-4(9(16)17)7(13)8(14)6(5)11(1-2-11)10(15)18/h3H,1-2H2,(H2,15,18)(H,16,17). The van der Waals surface area contributed by atoms with Crippen LogP contribution in [0.4, 0.5) is 13.2 Å². The quantitative estimate of drug-likeness (QED) is 0.803. The van der Waals surface area contributed by atoms with Gasteiger partial charge >= 0.3 is 5.97 Å². The predicted molar refractivity (Wildman–Crippen MR) is 53.4 cm³/mol. The normalized spacial score (nSPS) is 16.4. The van der Waals surface area contributed by atoms with Crippen LogP contribution in [0, 0.1) is 17.5 Å². The Morgan fingerprint density at radius 3 is 2.17 bits per heavy atom. The summed E-state index contributed by atoms with van der Waals surface area (Å²) in [6.07, 6.45) is 0.226. The molecule has 1 fully saturated rings. The zero-order chi connectivity index (χ0) is 13.7. The largest absolute Gasteiger partial charge is 0.478 e. The first-order valence-corrected chi connectivity index (χ1v) is 5.02. The number of carbonyl (C=O) groups is 2. The van der Waals surface area contributed by atoms with Crippen LogP contribution in [-0.4, -0.2) is 17.0 Å². The van der Waals surface area contributed by atoms with Gasteiger partial charge in [0.05, 0.1) is 5.41 Å². The fourth-order valence-corrected chi connectivity index (χ4v) is 1.93. The van der Waals surface area contributed by atoms with Gasteiger partial charge in [-0.05, 0) is 18.9 Å². The molecule has 0 atom stereocenters. The van der Waals surface area contributed by atoms with Crippen LogP contribution in [0.2, 0.25) is 0 Å². The molecule has 3 N–H and O–H groups in total. The average Bonchev–Trinajstić information content (AvgIpc) is 3.04. The number of halogens is 3.